The van der Waals surface area contributed by atoms with Crippen LogP contribution in [0.1, 0.15) is 75.1 Å². The Morgan fingerprint density at radius 2 is 2.14 bits per heavy atom. The van der Waals surface area contributed by atoms with E-state index in [4.69, 9.17) is 16.3 Å². The summed E-state index contributed by atoms with van der Waals surface area (Å²) in [5, 5.41) is 0.258. The minimum Gasteiger partial charge on any atom is -0.457 e. The molecule has 1 aliphatic carbocycles. The number of aromatic nitrogens is 2. The third-order valence-electron chi connectivity index (χ3n) is 4.09. The number of esters is 1. The molecule has 1 aliphatic rings. The quantitative estimate of drug-likeness (QED) is 0.774. The van der Waals surface area contributed by atoms with Crippen LogP contribution in [0.2, 0.25) is 5.02 Å². The molecular formula is C16H23ClN2O2. The van der Waals surface area contributed by atoms with Gasteiger partial charge in [-0.2, -0.15) is 0 Å². The fourth-order valence-electron chi connectivity index (χ4n) is 2.79. The van der Waals surface area contributed by atoms with Gasteiger partial charge >= 0.3 is 5.97 Å². The number of carbonyl (C=O) groups excluding carboxylic acids is 1. The molecular weight excluding hydrogens is 288 g/mol. The molecule has 4 nitrogen and oxygen atoms in total. The van der Waals surface area contributed by atoms with Crippen LogP contribution in [0, 0.1) is 5.92 Å². The zero-order chi connectivity index (χ0) is 15.4. The summed E-state index contributed by atoms with van der Waals surface area (Å²) < 4.78 is 5.68. The van der Waals surface area contributed by atoms with Gasteiger partial charge < -0.3 is 4.74 Å². The number of halogens is 1. The van der Waals surface area contributed by atoms with E-state index in [0.717, 1.165) is 25.7 Å². The van der Waals surface area contributed by atoms with Crippen molar-refractivity contribution < 1.29 is 9.53 Å². The van der Waals surface area contributed by atoms with Crippen molar-refractivity contribution in [3.63, 3.8) is 0 Å². The standard InChI is InChI=1S/C16H23ClN2O2/c1-4-11-7-5-6-8-13(11)21-16(20)14-12(17)9-18-15(19-14)10(2)3/h9-11,13H,4-8H2,1-3H3. The largest absolute Gasteiger partial charge is 0.457 e. The van der Waals surface area contributed by atoms with Crippen molar-refractivity contribution >= 4 is 17.6 Å². The Morgan fingerprint density at radius 3 is 2.81 bits per heavy atom. The second kappa shape index (κ2) is 7.21. The van der Waals surface area contributed by atoms with Crippen molar-refractivity contribution in [2.24, 2.45) is 5.92 Å². The van der Waals surface area contributed by atoms with Crippen molar-refractivity contribution in [1.29, 1.82) is 0 Å². The van der Waals surface area contributed by atoms with Crippen LogP contribution in [0.15, 0.2) is 6.20 Å². The van der Waals surface area contributed by atoms with Crippen molar-refractivity contribution in [2.45, 2.75) is 64.9 Å². The normalized spacial score (nSPS) is 22.3. The van der Waals surface area contributed by atoms with E-state index in [1.807, 2.05) is 13.8 Å². The summed E-state index contributed by atoms with van der Waals surface area (Å²) in [4.78, 5) is 20.8. The molecule has 2 unspecified atom stereocenters. The summed E-state index contributed by atoms with van der Waals surface area (Å²) in [5.41, 5.74) is 0.191. The highest BCUT2D eigenvalue weighted by atomic mass is 35.5. The van der Waals surface area contributed by atoms with Crippen molar-refractivity contribution in [2.75, 3.05) is 0 Å². The number of hydrogen-bond donors (Lipinski definition) is 0. The van der Waals surface area contributed by atoms with Gasteiger partial charge in [0.2, 0.25) is 0 Å². The van der Waals surface area contributed by atoms with E-state index >= 15 is 0 Å². The van der Waals surface area contributed by atoms with Crippen LogP contribution in [-0.4, -0.2) is 22.0 Å². The zero-order valence-corrected chi connectivity index (χ0v) is 13.7. The molecule has 1 heterocycles. The SMILES string of the molecule is CCC1CCCCC1OC(=O)c1nc(C(C)C)ncc1Cl. The average Bonchev–Trinajstić information content (AvgIpc) is 2.47. The van der Waals surface area contributed by atoms with Crippen molar-refractivity contribution in [3.8, 4) is 0 Å². The first kappa shape index (κ1) is 16.2. The third-order valence-corrected chi connectivity index (χ3v) is 4.37. The minimum atomic E-state index is -0.422. The molecule has 0 bridgehead atoms. The predicted octanol–water partition coefficient (Wildman–Crippen LogP) is 4.38. The first-order valence-corrected chi connectivity index (χ1v) is 8.14. The van der Waals surface area contributed by atoms with Gasteiger partial charge in [0.1, 0.15) is 11.9 Å². The molecule has 0 aromatic carbocycles. The molecule has 0 aliphatic heterocycles. The van der Waals surface area contributed by atoms with Gasteiger partial charge in [0.15, 0.2) is 5.69 Å². The maximum absolute atomic E-state index is 12.4. The Labute approximate surface area is 131 Å². The van der Waals surface area contributed by atoms with Crippen LogP contribution in [0.5, 0.6) is 0 Å². The van der Waals surface area contributed by atoms with Crippen LogP contribution < -0.4 is 0 Å². The maximum atomic E-state index is 12.4. The van der Waals surface area contributed by atoms with Crippen LogP contribution >= 0.6 is 11.6 Å². The molecule has 116 valence electrons. The Hall–Kier alpha value is -1.16. The molecule has 5 heteroatoms. The number of carbonyl (C=O) groups is 1. The van der Waals surface area contributed by atoms with E-state index in [-0.39, 0.29) is 22.7 Å². The summed E-state index contributed by atoms with van der Waals surface area (Å²) in [6.07, 6.45) is 6.91. The van der Waals surface area contributed by atoms with E-state index in [0.29, 0.717) is 11.7 Å². The Morgan fingerprint density at radius 1 is 1.43 bits per heavy atom. The summed E-state index contributed by atoms with van der Waals surface area (Å²) in [6.45, 7) is 6.10. The number of nitrogens with zero attached hydrogens (tertiary/aromatic N) is 2. The van der Waals surface area contributed by atoms with Crippen LogP contribution in [0.3, 0.4) is 0 Å². The molecule has 2 rings (SSSR count). The Balaban J connectivity index is 2.14. The van der Waals surface area contributed by atoms with Gasteiger partial charge in [0.25, 0.3) is 0 Å². The molecule has 0 N–H and O–H groups in total. The molecule has 1 aromatic rings. The molecule has 0 radical (unpaired) electrons. The Kier molecular flexibility index (Phi) is 5.57. The van der Waals surface area contributed by atoms with Gasteiger partial charge in [-0.05, 0) is 31.6 Å². The maximum Gasteiger partial charge on any atom is 0.358 e. The zero-order valence-electron chi connectivity index (χ0n) is 12.9. The van der Waals surface area contributed by atoms with Gasteiger partial charge in [-0.25, -0.2) is 14.8 Å². The summed E-state index contributed by atoms with van der Waals surface area (Å²) >= 11 is 6.06. The lowest BCUT2D eigenvalue weighted by atomic mass is 9.85. The molecule has 1 aromatic heterocycles. The first-order valence-electron chi connectivity index (χ1n) is 7.76. The van der Waals surface area contributed by atoms with Crippen molar-refractivity contribution in [3.05, 3.63) is 22.7 Å². The average molecular weight is 311 g/mol. The Bertz CT molecular complexity index is 505. The van der Waals surface area contributed by atoms with Gasteiger partial charge in [-0.1, -0.05) is 38.8 Å². The molecule has 2 atom stereocenters. The van der Waals surface area contributed by atoms with E-state index < -0.39 is 5.97 Å². The number of hydrogen-bond acceptors (Lipinski definition) is 4. The molecule has 0 spiro atoms. The predicted molar refractivity (Wildman–Crippen MR) is 82.6 cm³/mol. The highest BCUT2D eigenvalue weighted by molar-refractivity contribution is 6.33. The van der Waals surface area contributed by atoms with Gasteiger partial charge in [0, 0.05) is 5.92 Å². The van der Waals surface area contributed by atoms with Gasteiger partial charge in [0.05, 0.1) is 11.2 Å². The topological polar surface area (TPSA) is 52.1 Å². The van der Waals surface area contributed by atoms with Crippen LogP contribution in [0.25, 0.3) is 0 Å². The smallest absolute Gasteiger partial charge is 0.358 e. The lowest BCUT2D eigenvalue weighted by Gasteiger charge is -2.30. The van der Waals surface area contributed by atoms with Gasteiger partial charge in [-0.15, -0.1) is 0 Å². The van der Waals surface area contributed by atoms with E-state index in [2.05, 4.69) is 16.9 Å². The highest BCUT2D eigenvalue weighted by Gasteiger charge is 2.28. The molecule has 1 saturated carbocycles. The van der Waals surface area contributed by atoms with Crippen LogP contribution in [-0.2, 0) is 4.74 Å². The van der Waals surface area contributed by atoms with E-state index in [1.165, 1.54) is 12.6 Å². The van der Waals surface area contributed by atoms with Crippen molar-refractivity contribution in [1.82, 2.24) is 9.97 Å². The third kappa shape index (κ3) is 3.94. The van der Waals surface area contributed by atoms with Gasteiger partial charge in [-0.3, -0.25) is 0 Å². The van der Waals surface area contributed by atoms with E-state index in [1.54, 1.807) is 0 Å². The summed E-state index contributed by atoms with van der Waals surface area (Å²) in [5.74, 6) is 0.788. The lowest BCUT2D eigenvalue weighted by Crippen LogP contribution is -2.30. The monoisotopic (exact) mass is 310 g/mol. The first-order chi connectivity index (χ1) is 10.0. The molecule has 21 heavy (non-hydrogen) atoms. The fourth-order valence-corrected chi connectivity index (χ4v) is 2.96. The number of ether oxygens (including phenoxy) is 1. The summed E-state index contributed by atoms with van der Waals surface area (Å²) in [6, 6.07) is 0. The van der Waals surface area contributed by atoms with E-state index in [9.17, 15) is 4.79 Å². The molecule has 0 saturated heterocycles. The number of rotatable bonds is 4. The molecule has 1 fully saturated rings. The second-order valence-corrected chi connectivity index (χ2v) is 6.38. The van der Waals surface area contributed by atoms with Crippen LogP contribution in [0.4, 0.5) is 0 Å². The minimum absolute atomic E-state index is 0.00946. The summed E-state index contributed by atoms with van der Waals surface area (Å²) in [7, 11) is 0. The lowest BCUT2D eigenvalue weighted by molar-refractivity contribution is 0.0000824. The molecule has 0 amide bonds. The highest BCUT2D eigenvalue weighted by Crippen LogP contribution is 2.30. The fraction of sp³-hybridized carbons (Fsp3) is 0.688. The second-order valence-electron chi connectivity index (χ2n) is 5.98.